The second-order valence-corrected chi connectivity index (χ2v) is 5.36. The van der Waals surface area contributed by atoms with Crippen molar-refractivity contribution in [3.05, 3.63) is 49.9 Å². The third-order valence-corrected chi connectivity index (χ3v) is 3.80. The molecule has 114 valence electrons. The van der Waals surface area contributed by atoms with Crippen LogP contribution in [-0.4, -0.2) is 20.2 Å². The van der Waals surface area contributed by atoms with Crippen molar-refractivity contribution in [2.75, 3.05) is 5.32 Å². The van der Waals surface area contributed by atoms with Crippen LogP contribution in [-0.2, 0) is 13.2 Å². The van der Waals surface area contributed by atoms with Gasteiger partial charge in [-0.25, -0.2) is 9.37 Å². The highest BCUT2D eigenvalue weighted by molar-refractivity contribution is 6.42. The summed E-state index contributed by atoms with van der Waals surface area (Å²) in [6.07, 6.45) is 0. The summed E-state index contributed by atoms with van der Waals surface area (Å²) >= 11 is 11.8. The zero-order valence-electron chi connectivity index (χ0n) is 11.1. The molecule has 0 bridgehead atoms. The molecule has 3 aromatic rings. The third kappa shape index (κ3) is 2.77. The van der Waals surface area contributed by atoms with Gasteiger partial charge in [-0.05, 0) is 17.7 Å². The molecule has 0 aliphatic heterocycles. The van der Waals surface area contributed by atoms with E-state index < -0.39 is 12.2 Å². The van der Waals surface area contributed by atoms with Crippen LogP contribution in [0, 0.1) is 0 Å². The van der Waals surface area contributed by atoms with Crippen molar-refractivity contribution < 1.29 is 4.39 Å². The van der Waals surface area contributed by atoms with E-state index in [0.29, 0.717) is 16.6 Å². The maximum atomic E-state index is 12.8. The van der Waals surface area contributed by atoms with Gasteiger partial charge in [0.15, 0.2) is 5.52 Å². The van der Waals surface area contributed by atoms with E-state index in [4.69, 9.17) is 23.2 Å². The number of rotatable bonds is 4. The maximum Gasteiger partial charge on any atom is 0.280 e. The zero-order chi connectivity index (χ0) is 15.7. The Morgan fingerprint density at radius 2 is 2.05 bits per heavy atom. The predicted molar refractivity (Wildman–Crippen MR) is 83.1 cm³/mol. The average Bonchev–Trinajstić information content (AvgIpc) is 2.92. The Bertz CT molecular complexity index is 892. The van der Waals surface area contributed by atoms with Gasteiger partial charge >= 0.3 is 0 Å². The first-order valence-corrected chi connectivity index (χ1v) is 7.05. The van der Waals surface area contributed by atoms with Crippen LogP contribution < -0.4 is 10.9 Å². The predicted octanol–water partition coefficient (Wildman–Crippen LogP) is 3.03. The zero-order valence-corrected chi connectivity index (χ0v) is 12.6. The van der Waals surface area contributed by atoms with Crippen molar-refractivity contribution in [1.29, 1.82) is 0 Å². The molecule has 0 fully saturated rings. The van der Waals surface area contributed by atoms with Crippen LogP contribution in [0.2, 0.25) is 10.0 Å². The highest BCUT2D eigenvalue weighted by Gasteiger charge is 2.11. The highest BCUT2D eigenvalue weighted by Crippen LogP contribution is 2.23. The number of halogens is 3. The Hall–Kier alpha value is -2.12. The second-order valence-electron chi connectivity index (χ2n) is 4.55. The van der Waals surface area contributed by atoms with E-state index >= 15 is 0 Å². The molecule has 22 heavy (non-hydrogen) atoms. The quantitative estimate of drug-likeness (QED) is 0.680. The number of anilines is 1. The number of H-pyrrole nitrogens is 2. The van der Waals surface area contributed by atoms with Gasteiger partial charge in [-0.3, -0.25) is 14.9 Å². The molecule has 2 aromatic heterocycles. The smallest absolute Gasteiger partial charge is 0.280 e. The summed E-state index contributed by atoms with van der Waals surface area (Å²) in [7, 11) is 0. The lowest BCUT2D eigenvalue weighted by Crippen LogP contribution is -2.13. The van der Waals surface area contributed by atoms with E-state index in [1.54, 1.807) is 18.2 Å². The largest absolute Gasteiger partial charge is 0.352 e. The Morgan fingerprint density at radius 3 is 2.77 bits per heavy atom. The normalized spacial score (nSPS) is 11.0. The molecule has 3 N–H and O–H groups in total. The topological polar surface area (TPSA) is 86.5 Å². The van der Waals surface area contributed by atoms with Crippen LogP contribution in [0.3, 0.4) is 0 Å². The fourth-order valence-electron chi connectivity index (χ4n) is 1.97. The first-order chi connectivity index (χ1) is 10.6. The van der Waals surface area contributed by atoms with Gasteiger partial charge in [-0.1, -0.05) is 29.3 Å². The number of alkyl halides is 1. The number of nitrogens with one attached hydrogen (secondary N) is 3. The van der Waals surface area contributed by atoms with Crippen LogP contribution >= 0.6 is 23.2 Å². The van der Waals surface area contributed by atoms with E-state index in [2.05, 4.69) is 25.5 Å². The summed E-state index contributed by atoms with van der Waals surface area (Å²) in [4.78, 5) is 18.6. The minimum atomic E-state index is -0.779. The van der Waals surface area contributed by atoms with Crippen molar-refractivity contribution in [2.24, 2.45) is 0 Å². The molecule has 0 saturated heterocycles. The lowest BCUT2D eigenvalue weighted by molar-refractivity contribution is 0.477. The van der Waals surface area contributed by atoms with Gasteiger partial charge in [0.25, 0.3) is 5.56 Å². The highest BCUT2D eigenvalue weighted by atomic mass is 35.5. The van der Waals surface area contributed by atoms with E-state index in [1.807, 2.05) is 0 Å². The fraction of sp³-hybridized carbons (Fsp3) is 0.154. The first kappa shape index (κ1) is 14.8. The second kappa shape index (κ2) is 5.94. The molecule has 0 atom stereocenters. The molecule has 9 heteroatoms. The number of benzene rings is 1. The summed E-state index contributed by atoms with van der Waals surface area (Å²) in [6.45, 7) is -0.409. The van der Waals surface area contributed by atoms with Crippen molar-refractivity contribution in [1.82, 2.24) is 20.2 Å². The minimum absolute atomic E-state index is 0.0766. The van der Waals surface area contributed by atoms with Crippen LogP contribution in [0.15, 0.2) is 23.0 Å². The molecular formula is C13H10Cl2FN5O. The average molecular weight is 342 g/mol. The van der Waals surface area contributed by atoms with E-state index in [0.717, 1.165) is 5.56 Å². The molecule has 2 heterocycles. The number of hydrogen-bond acceptors (Lipinski definition) is 4. The van der Waals surface area contributed by atoms with Crippen molar-refractivity contribution in [2.45, 2.75) is 13.2 Å². The van der Waals surface area contributed by atoms with E-state index in [9.17, 15) is 9.18 Å². The van der Waals surface area contributed by atoms with Crippen molar-refractivity contribution in [3.63, 3.8) is 0 Å². The number of hydrogen-bond donors (Lipinski definition) is 3. The Balaban J connectivity index is 1.87. The van der Waals surface area contributed by atoms with Crippen LogP contribution in [0.5, 0.6) is 0 Å². The van der Waals surface area contributed by atoms with Crippen molar-refractivity contribution in [3.8, 4) is 0 Å². The molecular weight excluding hydrogens is 332 g/mol. The van der Waals surface area contributed by atoms with Crippen molar-refractivity contribution >= 4 is 40.2 Å². The van der Waals surface area contributed by atoms with Gasteiger partial charge in [0.05, 0.1) is 15.7 Å². The Morgan fingerprint density at radius 1 is 1.23 bits per heavy atom. The van der Waals surface area contributed by atoms with E-state index in [1.165, 1.54) is 0 Å². The van der Waals surface area contributed by atoms with Gasteiger partial charge in [-0.15, -0.1) is 0 Å². The Labute approximate surface area is 133 Å². The molecule has 3 rings (SSSR count). The van der Waals surface area contributed by atoms with E-state index in [-0.39, 0.29) is 22.7 Å². The Kier molecular flexibility index (Phi) is 4.00. The molecule has 0 saturated carbocycles. The van der Waals surface area contributed by atoms with Gasteiger partial charge in [-0.2, -0.15) is 5.10 Å². The summed E-state index contributed by atoms with van der Waals surface area (Å²) < 4.78 is 12.8. The number of aromatic amines is 2. The molecule has 0 radical (unpaired) electrons. The summed E-state index contributed by atoms with van der Waals surface area (Å²) in [6, 6.07) is 5.18. The molecule has 0 aliphatic rings. The number of fused-ring (bicyclic) bond motifs is 1. The number of nitrogens with zero attached hydrogens (tertiary/aromatic N) is 2. The van der Waals surface area contributed by atoms with Gasteiger partial charge in [0, 0.05) is 6.54 Å². The molecule has 6 nitrogen and oxygen atoms in total. The fourth-order valence-corrected chi connectivity index (χ4v) is 2.29. The monoisotopic (exact) mass is 341 g/mol. The lowest BCUT2D eigenvalue weighted by atomic mass is 10.2. The van der Waals surface area contributed by atoms with Crippen LogP contribution in [0.4, 0.5) is 10.3 Å². The minimum Gasteiger partial charge on any atom is -0.352 e. The number of aromatic nitrogens is 4. The van der Waals surface area contributed by atoms with Gasteiger partial charge < -0.3 is 5.32 Å². The summed E-state index contributed by atoms with van der Waals surface area (Å²) in [5.74, 6) is 0.222. The van der Waals surface area contributed by atoms with Crippen LogP contribution in [0.1, 0.15) is 11.3 Å². The third-order valence-electron chi connectivity index (χ3n) is 3.06. The maximum absolute atomic E-state index is 12.8. The molecule has 0 amide bonds. The first-order valence-electron chi connectivity index (χ1n) is 6.29. The van der Waals surface area contributed by atoms with Crippen LogP contribution in [0.25, 0.3) is 11.0 Å². The SMILES string of the molecule is O=c1[nH]c(NCc2ccc(Cl)c(Cl)c2)nc2c(CF)[nH]nc12. The molecule has 0 unspecified atom stereocenters. The molecule has 0 aliphatic carbocycles. The standard InChI is InChI=1S/C13H10Cl2FN5O/c14-7-2-1-6(3-8(7)15)5-17-13-18-10-9(4-16)20-21-11(10)12(22)19-13/h1-3H,4-5H2,(H,20,21)(H2,17,18,19,22). The molecule has 0 spiro atoms. The summed E-state index contributed by atoms with van der Waals surface area (Å²) in [5, 5.41) is 10.0. The van der Waals surface area contributed by atoms with Gasteiger partial charge in [0.2, 0.25) is 5.95 Å². The molecule has 1 aromatic carbocycles. The van der Waals surface area contributed by atoms with Gasteiger partial charge in [0.1, 0.15) is 12.2 Å². The lowest BCUT2D eigenvalue weighted by Gasteiger charge is -2.06. The summed E-state index contributed by atoms with van der Waals surface area (Å²) in [5.41, 5.74) is 0.863.